The smallest absolute Gasteiger partial charge is 0.229 e. The lowest BCUT2D eigenvalue weighted by atomic mass is 10.0. The molecule has 0 radical (unpaired) electrons. The van der Waals surface area contributed by atoms with E-state index in [0.717, 1.165) is 24.4 Å². The SMILES string of the molecule is C=CCN(C(=O)CCc1cccs1)c1nc2c(s1)CCCC2. The molecule has 1 amide bonds. The number of anilines is 1. The number of hydrogen-bond donors (Lipinski definition) is 0. The van der Waals surface area contributed by atoms with Gasteiger partial charge in [-0.2, -0.15) is 0 Å². The first kappa shape index (κ1) is 15.4. The fourth-order valence-corrected chi connectivity index (χ4v) is 4.57. The van der Waals surface area contributed by atoms with E-state index in [0.29, 0.717) is 13.0 Å². The Kier molecular flexibility index (Phi) is 5.05. The Hall–Kier alpha value is -1.46. The minimum absolute atomic E-state index is 0.138. The highest BCUT2D eigenvalue weighted by Crippen LogP contribution is 2.32. The Morgan fingerprint density at radius 2 is 2.27 bits per heavy atom. The number of thiophene rings is 1. The van der Waals surface area contributed by atoms with Gasteiger partial charge >= 0.3 is 0 Å². The molecule has 5 heteroatoms. The topological polar surface area (TPSA) is 33.2 Å². The van der Waals surface area contributed by atoms with Crippen molar-refractivity contribution in [1.82, 2.24) is 4.98 Å². The Balaban J connectivity index is 1.72. The molecule has 0 unspecified atom stereocenters. The van der Waals surface area contributed by atoms with Crippen LogP contribution in [0.3, 0.4) is 0 Å². The van der Waals surface area contributed by atoms with Gasteiger partial charge in [-0.15, -0.1) is 29.3 Å². The molecule has 0 N–H and O–H groups in total. The number of carbonyl (C=O) groups is 1. The second-order valence-electron chi connectivity index (χ2n) is 5.45. The van der Waals surface area contributed by atoms with Crippen molar-refractivity contribution in [3.05, 3.63) is 45.6 Å². The number of amides is 1. The van der Waals surface area contributed by atoms with Crippen molar-refractivity contribution in [2.75, 3.05) is 11.4 Å². The quantitative estimate of drug-likeness (QED) is 0.742. The molecule has 2 aromatic rings. The van der Waals surface area contributed by atoms with E-state index in [4.69, 9.17) is 4.98 Å². The zero-order valence-electron chi connectivity index (χ0n) is 12.6. The summed E-state index contributed by atoms with van der Waals surface area (Å²) in [5.41, 5.74) is 1.20. The predicted molar refractivity (Wildman–Crippen MR) is 93.9 cm³/mol. The molecule has 1 aliphatic carbocycles. The molecule has 22 heavy (non-hydrogen) atoms. The summed E-state index contributed by atoms with van der Waals surface area (Å²) in [6.45, 7) is 4.32. The zero-order valence-corrected chi connectivity index (χ0v) is 14.2. The van der Waals surface area contributed by atoms with Crippen LogP contribution in [-0.4, -0.2) is 17.4 Å². The van der Waals surface area contributed by atoms with Gasteiger partial charge in [-0.1, -0.05) is 12.1 Å². The molecule has 0 saturated heterocycles. The minimum Gasteiger partial charge on any atom is -0.284 e. The van der Waals surface area contributed by atoms with Crippen LogP contribution in [-0.2, 0) is 24.1 Å². The number of carbonyl (C=O) groups excluding carboxylic acids is 1. The average molecular weight is 332 g/mol. The van der Waals surface area contributed by atoms with Crippen LogP contribution >= 0.6 is 22.7 Å². The van der Waals surface area contributed by atoms with Crippen LogP contribution in [0.4, 0.5) is 5.13 Å². The minimum atomic E-state index is 0.138. The number of hydrogen-bond acceptors (Lipinski definition) is 4. The molecule has 1 aliphatic rings. The van der Waals surface area contributed by atoms with E-state index in [1.165, 1.54) is 28.3 Å². The summed E-state index contributed by atoms with van der Waals surface area (Å²) in [5.74, 6) is 0.138. The van der Waals surface area contributed by atoms with E-state index in [9.17, 15) is 4.79 Å². The van der Waals surface area contributed by atoms with Gasteiger partial charge in [0.2, 0.25) is 5.91 Å². The van der Waals surface area contributed by atoms with Gasteiger partial charge in [-0.25, -0.2) is 4.98 Å². The first-order valence-corrected chi connectivity index (χ1v) is 9.40. The number of aromatic nitrogens is 1. The van der Waals surface area contributed by atoms with E-state index in [1.54, 1.807) is 33.6 Å². The first-order valence-electron chi connectivity index (χ1n) is 7.70. The molecule has 2 heterocycles. The largest absolute Gasteiger partial charge is 0.284 e. The number of fused-ring (bicyclic) bond motifs is 1. The summed E-state index contributed by atoms with van der Waals surface area (Å²) in [5, 5.41) is 2.90. The van der Waals surface area contributed by atoms with Crippen LogP contribution in [0.15, 0.2) is 30.2 Å². The van der Waals surface area contributed by atoms with Crippen LogP contribution in [0.2, 0.25) is 0 Å². The second kappa shape index (κ2) is 7.20. The van der Waals surface area contributed by atoms with Gasteiger partial charge in [0.05, 0.1) is 5.69 Å². The zero-order chi connectivity index (χ0) is 15.4. The lowest BCUT2D eigenvalue weighted by Gasteiger charge is -2.17. The second-order valence-corrected chi connectivity index (χ2v) is 7.54. The highest BCUT2D eigenvalue weighted by molar-refractivity contribution is 7.16. The van der Waals surface area contributed by atoms with E-state index >= 15 is 0 Å². The lowest BCUT2D eigenvalue weighted by molar-refractivity contribution is -0.118. The van der Waals surface area contributed by atoms with Crippen LogP contribution in [0, 0.1) is 0 Å². The third kappa shape index (κ3) is 3.47. The van der Waals surface area contributed by atoms with E-state index < -0.39 is 0 Å². The maximum Gasteiger partial charge on any atom is 0.229 e. The maximum absolute atomic E-state index is 12.6. The third-order valence-electron chi connectivity index (χ3n) is 3.84. The van der Waals surface area contributed by atoms with Gasteiger partial charge in [0, 0.05) is 22.7 Å². The molecule has 3 rings (SSSR count). The molecule has 0 fully saturated rings. The van der Waals surface area contributed by atoms with Crippen LogP contribution in [0.25, 0.3) is 0 Å². The Labute approximate surface area is 139 Å². The molecule has 2 aromatic heterocycles. The highest BCUT2D eigenvalue weighted by atomic mass is 32.1. The van der Waals surface area contributed by atoms with Gasteiger partial charge in [-0.3, -0.25) is 9.69 Å². The molecule has 3 nitrogen and oxygen atoms in total. The normalized spacial score (nSPS) is 13.6. The molecular formula is C17H20N2OS2. The van der Waals surface area contributed by atoms with E-state index in [2.05, 4.69) is 18.0 Å². The monoisotopic (exact) mass is 332 g/mol. The molecule has 0 saturated carbocycles. The van der Waals surface area contributed by atoms with Crippen LogP contribution in [0.1, 0.15) is 34.7 Å². The summed E-state index contributed by atoms with van der Waals surface area (Å²) < 4.78 is 0. The molecule has 0 atom stereocenters. The van der Waals surface area contributed by atoms with Gasteiger partial charge in [-0.05, 0) is 43.6 Å². The van der Waals surface area contributed by atoms with Gasteiger partial charge in [0.15, 0.2) is 5.13 Å². The molecule has 0 aromatic carbocycles. The Bertz CT molecular complexity index is 622. The van der Waals surface area contributed by atoms with Crippen molar-refractivity contribution in [3.8, 4) is 0 Å². The number of nitrogens with zero attached hydrogens (tertiary/aromatic N) is 2. The fourth-order valence-electron chi connectivity index (χ4n) is 2.69. The maximum atomic E-state index is 12.6. The lowest BCUT2D eigenvalue weighted by Crippen LogP contribution is -2.31. The number of thiazole rings is 1. The van der Waals surface area contributed by atoms with Crippen molar-refractivity contribution in [2.24, 2.45) is 0 Å². The first-order chi connectivity index (χ1) is 10.8. The summed E-state index contributed by atoms with van der Waals surface area (Å²) in [4.78, 5) is 21.7. The van der Waals surface area contributed by atoms with E-state index in [-0.39, 0.29) is 5.91 Å². The molecule has 0 aliphatic heterocycles. The third-order valence-corrected chi connectivity index (χ3v) is 5.96. The predicted octanol–water partition coefficient (Wildman–Crippen LogP) is 4.24. The summed E-state index contributed by atoms with van der Waals surface area (Å²) in [6, 6.07) is 4.11. The molecule has 0 spiro atoms. The summed E-state index contributed by atoms with van der Waals surface area (Å²) in [7, 11) is 0. The summed E-state index contributed by atoms with van der Waals surface area (Å²) >= 11 is 3.39. The van der Waals surface area contributed by atoms with Crippen LogP contribution in [0.5, 0.6) is 0 Å². The molecular weight excluding hydrogens is 312 g/mol. The van der Waals surface area contributed by atoms with Gasteiger partial charge in [0.1, 0.15) is 0 Å². The highest BCUT2D eigenvalue weighted by Gasteiger charge is 2.22. The summed E-state index contributed by atoms with van der Waals surface area (Å²) in [6.07, 6.45) is 7.72. The van der Waals surface area contributed by atoms with Crippen molar-refractivity contribution in [3.63, 3.8) is 0 Å². The molecule has 116 valence electrons. The van der Waals surface area contributed by atoms with Crippen molar-refractivity contribution in [1.29, 1.82) is 0 Å². The standard InChI is InChI=1S/C17H20N2OS2/c1-2-11-19(16(20)10-9-13-6-5-12-21-13)17-18-14-7-3-4-8-15(14)22-17/h2,5-6,12H,1,3-4,7-11H2. The van der Waals surface area contributed by atoms with Crippen molar-refractivity contribution >= 4 is 33.7 Å². The van der Waals surface area contributed by atoms with Crippen molar-refractivity contribution in [2.45, 2.75) is 38.5 Å². The van der Waals surface area contributed by atoms with E-state index in [1.807, 2.05) is 6.07 Å². The fraction of sp³-hybridized carbons (Fsp3) is 0.412. The average Bonchev–Trinajstić information content (AvgIpc) is 3.18. The van der Waals surface area contributed by atoms with Crippen LogP contribution < -0.4 is 4.90 Å². The number of aryl methyl sites for hydroxylation is 3. The molecule has 0 bridgehead atoms. The van der Waals surface area contributed by atoms with Crippen molar-refractivity contribution < 1.29 is 4.79 Å². The van der Waals surface area contributed by atoms with Gasteiger partial charge < -0.3 is 0 Å². The Morgan fingerprint density at radius 3 is 3.00 bits per heavy atom. The van der Waals surface area contributed by atoms with Gasteiger partial charge in [0.25, 0.3) is 0 Å². The Morgan fingerprint density at radius 1 is 1.41 bits per heavy atom. The number of rotatable bonds is 6.